The van der Waals surface area contributed by atoms with Crippen LogP contribution in [-0.2, 0) is 0 Å². The molecule has 0 saturated heterocycles. The first-order valence-electron chi connectivity index (χ1n) is 14.9. The van der Waals surface area contributed by atoms with Gasteiger partial charge in [0, 0.05) is 17.9 Å². The van der Waals surface area contributed by atoms with Gasteiger partial charge in [-0.2, -0.15) is 0 Å². The quantitative estimate of drug-likeness (QED) is 0.182. The van der Waals surface area contributed by atoms with Crippen LogP contribution < -0.4 is 15.2 Å². The predicted octanol–water partition coefficient (Wildman–Crippen LogP) is 9.02. The minimum absolute atomic E-state index is 0.254. The van der Waals surface area contributed by atoms with Gasteiger partial charge >= 0.3 is 0 Å². The molecule has 2 aromatic heterocycles. The van der Waals surface area contributed by atoms with Gasteiger partial charge in [-0.15, -0.1) is 0 Å². The molecule has 41 heavy (non-hydrogen) atoms. The number of methoxy groups -OCH3 is 2. The second-order valence-electron chi connectivity index (χ2n) is 11.4. The number of ether oxygens (including phenoxy) is 2. The van der Waals surface area contributed by atoms with Gasteiger partial charge in [-0.05, 0) is 37.8 Å². The first kappa shape index (κ1) is 28.2. The fraction of sp³-hybridized carbons (Fsp3) is 0.500. The molecule has 2 saturated carbocycles. The zero-order valence-corrected chi connectivity index (χ0v) is 25.3. The Balaban J connectivity index is 1.65. The summed E-state index contributed by atoms with van der Waals surface area (Å²) in [5, 5.41) is 0.912. The van der Waals surface area contributed by atoms with Crippen molar-refractivity contribution in [3.63, 3.8) is 0 Å². The number of benzene rings is 2. The molecule has 2 aliphatic rings. The van der Waals surface area contributed by atoms with Gasteiger partial charge in [0.05, 0.1) is 52.2 Å². The summed E-state index contributed by atoms with van der Waals surface area (Å²) >= 11 is 13.1. The molecule has 2 fully saturated rings. The minimum atomic E-state index is 0.254. The van der Waals surface area contributed by atoms with Crippen LogP contribution in [0, 0.1) is 0 Å². The Hall–Kier alpha value is -2.90. The van der Waals surface area contributed by atoms with E-state index < -0.39 is 0 Å². The number of fused-ring (bicyclic) bond motifs is 2. The summed E-state index contributed by atoms with van der Waals surface area (Å²) in [5.41, 5.74) is 13.2. The zero-order valence-electron chi connectivity index (χ0n) is 23.8. The minimum Gasteiger partial charge on any atom is -0.495 e. The van der Waals surface area contributed by atoms with Gasteiger partial charge in [0.2, 0.25) is 0 Å². The Labute approximate surface area is 251 Å². The predicted molar refractivity (Wildman–Crippen MR) is 166 cm³/mol. The highest BCUT2D eigenvalue weighted by Crippen LogP contribution is 2.44. The summed E-state index contributed by atoms with van der Waals surface area (Å²) < 4.78 is 11.0. The van der Waals surface area contributed by atoms with Crippen molar-refractivity contribution in [1.29, 1.82) is 0 Å². The molecule has 0 amide bonds. The fourth-order valence-corrected chi connectivity index (χ4v) is 7.16. The molecular formula is C32H37Cl2N5O2. The van der Waals surface area contributed by atoms with Gasteiger partial charge in [-0.25, -0.2) is 19.9 Å². The third kappa shape index (κ3) is 5.51. The number of rotatable bonds is 5. The number of halogens is 2. The second kappa shape index (κ2) is 12.1. The number of nitrogen functional groups attached to an aromatic ring is 1. The van der Waals surface area contributed by atoms with Crippen molar-refractivity contribution in [2.24, 2.45) is 0 Å². The Bertz CT molecular complexity index is 1580. The lowest BCUT2D eigenvalue weighted by molar-refractivity contribution is 0.415. The van der Waals surface area contributed by atoms with E-state index >= 15 is 0 Å². The van der Waals surface area contributed by atoms with Crippen molar-refractivity contribution in [2.45, 2.75) is 88.9 Å². The van der Waals surface area contributed by atoms with Crippen LogP contribution >= 0.6 is 23.2 Å². The lowest BCUT2D eigenvalue weighted by Crippen LogP contribution is -2.12. The van der Waals surface area contributed by atoms with Gasteiger partial charge in [-0.1, -0.05) is 74.6 Å². The topological polar surface area (TPSA) is 96.0 Å². The first-order chi connectivity index (χ1) is 20.0. The average Bonchev–Trinajstić information content (AvgIpc) is 3.42. The van der Waals surface area contributed by atoms with Crippen LogP contribution in [-0.4, -0.2) is 34.2 Å². The van der Waals surface area contributed by atoms with E-state index in [0.717, 1.165) is 66.8 Å². The molecule has 2 heterocycles. The standard InChI is InChI=1S/C32H37Cl2N5O2/c1-40-25-17-23-22(15-20(25)33)37-30(27(36-23)18-11-7-3-4-8-12-18)31-28(19-13-9-5-6-10-14-19)39-29-24(38-31)16-21(34)32(41-2)26(29)35/h15-19H,3-14,35H2,1-2H3. The highest BCUT2D eigenvalue weighted by Gasteiger charge is 2.29. The van der Waals surface area contributed by atoms with Crippen molar-refractivity contribution < 1.29 is 9.47 Å². The van der Waals surface area contributed by atoms with Crippen LogP contribution in [0.5, 0.6) is 11.5 Å². The lowest BCUT2D eigenvalue weighted by atomic mass is 9.89. The van der Waals surface area contributed by atoms with Crippen LogP contribution in [0.15, 0.2) is 18.2 Å². The van der Waals surface area contributed by atoms with E-state index in [1.54, 1.807) is 20.3 Å². The molecule has 7 nitrogen and oxygen atoms in total. The fourth-order valence-electron chi connectivity index (χ4n) is 6.64. The van der Waals surface area contributed by atoms with E-state index in [-0.39, 0.29) is 11.8 Å². The van der Waals surface area contributed by atoms with Crippen LogP contribution in [0.2, 0.25) is 10.0 Å². The third-order valence-electron chi connectivity index (χ3n) is 8.81. The van der Waals surface area contributed by atoms with Gasteiger partial charge < -0.3 is 15.2 Å². The normalized spacial score (nSPS) is 17.5. The number of hydrogen-bond donors (Lipinski definition) is 1. The van der Waals surface area contributed by atoms with Gasteiger partial charge in [0.15, 0.2) is 5.75 Å². The molecular weight excluding hydrogens is 557 g/mol. The molecule has 0 aliphatic heterocycles. The average molecular weight is 595 g/mol. The maximum Gasteiger partial charge on any atom is 0.162 e. The Kier molecular flexibility index (Phi) is 8.36. The van der Waals surface area contributed by atoms with E-state index in [2.05, 4.69) is 0 Å². The summed E-state index contributed by atoms with van der Waals surface area (Å²) in [6.45, 7) is 0. The van der Waals surface area contributed by atoms with Gasteiger partial charge in [0.25, 0.3) is 0 Å². The van der Waals surface area contributed by atoms with Crippen molar-refractivity contribution in [3.8, 4) is 22.9 Å². The third-order valence-corrected chi connectivity index (χ3v) is 9.38. The van der Waals surface area contributed by atoms with Crippen LogP contribution in [0.4, 0.5) is 5.69 Å². The van der Waals surface area contributed by atoms with Crippen molar-refractivity contribution in [1.82, 2.24) is 19.9 Å². The van der Waals surface area contributed by atoms with Crippen LogP contribution in [0.25, 0.3) is 33.5 Å². The van der Waals surface area contributed by atoms with Crippen LogP contribution in [0.1, 0.15) is 100 Å². The zero-order chi connectivity index (χ0) is 28.5. The second-order valence-corrected chi connectivity index (χ2v) is 12.3. The molecule has 9 heteroatoms. The van der Waals surface area contributed by atoms with Crippen LogP contribution in [0.3, 0.4) is 0 Å². The molecule has 216 valence electrons. The van der Waals surface area contributed by atoms with E-state index in [1.165, 1.54) is 38.5 Å². The summed E-state index contributed by atoms with van der Waals surface area (Å²) in [7, 11) is 3.19. The molecule has 0 radical (unpaired) electrons. The van der Waals surface area contributed by atoms with E-state index in [9.17, 15) is 0 Å². The molecule has 2 aliphatic carbocycles. The molecule has 0 atom stereocenters. The SMILES string of the molecule is COc1cc2nc(C3CCCCCC3)c(-c3nc4cc(Cl)c(OC)c(N)c4nc3C3CCCCCC3)nc2cc1Cl. The number of hydrogen-bond acceptors (Lipinski definition) is 7. The monoisotopic (exact) mass is 593 g/mol. The molecule has 0 spiro atoms. The summed E-state index contributed by atoms with van der Waals surface area (Å²) in [6.07, 6.45) is 13.9. The Morgan fingerprint density at radius 1 is 0.634 bits per heavy atom. The maximum atomic E-state index is 6.59. The summed E-state index contributed by atoms with van der Waals surface area (Å²) in [4.78, 5) is 21.0. The highest BCUT2D eigenvalue weighted by atomic mass is 35.5. The number of nitrogens with zero attached hydrogens (tertiary/aromatic N) is 4. The van der Waals surface area contributed by atoms with E-state index in [1.807, 2.05) is 12.1 Å². The maximum absolute atomic E-state index is 6.59. The van der Waals surface area contributed by atoms with E-state index in [4.69, 9.17) is 58.3 Å². The van der Waals surface area contributed by atoms with E-state index in [0.29, 0.717) is 43.8 Å². The molecule has 2 aromatic carbocycles. The molecule has 0 unspecified atom stereocenters. The number of aromatic nitrogens is 4. The van der Waals surface area contributed by atoms with Crippen molar-refractivity contribution >= 4 is 51.0 Å². The van der Waals surface area contributed by atoms with Crippen molar-refractivity contribution in [2.75, 3.05) is 20.0 Å². The summed E-state index contributed by atoms with van der Waals surface area (Å²) in [5.74, 6) is 1.57. The lowest BCUT2D eigenvalue weighted by Gasteiger charge is -2.22. The summed E-state index contributed by atoms with van der Waals surface area (Å²) in [6, 6.07) is 5.52. The molecule has 0 bridgehead atoms. The largest absolute Gasteiger partial charge is 0.495 e. The number of nitrogens with two attached hydrogens (primary N) is 1. The van der Waals surface area contributed by atoms with Gasteiger partial charge in [-0.3, -0.25) is 0 Å². The smallest absolute Gasteiger partial charge is 0.162 e. The number of anilines is 1. The van der Waals surface area contributed by atoms with Crippen molar-refractivity contribution in [3.05, 3.63) is 39.6 Å². The molecule has 6 rings (SSSR count). The first-order valence-corrected chi connectivity index (χ1v) is 15.6. The van der Waals surface area contributed by atoms with Gasteiger partial charge in [0.1, 0.15) is 28.3 Å². The highest BCUT2D eigenvalue weighted by molar-refractivity contribution is 6.33. The molecule has 4 aromatic rings. The molecule has 2 N–H and O–H groups in total. The Morgan fingerprint density at radius 3 is 1.71 bits per heavy atom. The Morgan fingerprint density at radius 2 is 1.15 bits per heavy atom.